The zero-order valence-corrected chi connectivity index (χ0v) is 14.0. The SMILES string of the molecule is CC(C)Cn1cnc2cc(C(=O)N(C)C3CCOCC3)cnc21. The van der Waals surface area contributed by atoms with Gasteiger partial charge in [0.15, 0.2) is 5.65 Å². The Morgan fingerprint density at radius 2 is 2.13 bits per heavy atom. The normalized spacial score (nSPS) is 16.2. The molecule has 23 heavy (non-hydrogen) atoms. The van der Waals surface area contributed by atoms with Crippen molar-refractivity contribution in [3.05, 3.63) is 24.2 Å². The molecule has 6 nitrogen and oxygen atoms in total. The molecule has 3 rings (SSSR count). The minimum absolute atomic E-state index is 0.00436. The van der Waals surface area contributed by atoms with E-state index in [4.69, 9.17) is 4.74 Å². The highest BCUT2D eigenvalue weighted by Gasteiger charge is 2.24. The zero-order chi connectivity index (χ0) is 16.4. The van der Waals surface area contributed by atoms with Crippen LogP contribution in [0.15, 0.2) is 18.6 Å². The van der Waals surface area contributed by atoms with Crippen molar-refractivity contribution in [1.82, 2.24) is 19.4 Å². The summed E-state index contributed by atoms with van der Waals surface area (Å²) in [4.78, 5) is 23.4. The summed E-state index contributed by atoms with van der Waals surface area (Å²) in [6, 6.07) is 2.09. The first-order valence-electron chi connectivity index (χ1n) is 8.22. The molecule has 0 radical (unpaired) electrons. The highest BCUT2D eigenvalue weighted by molar-refractivity contribution is 5.96. The van der Waals surface area contributed by atoms with Gasteiger partial charge in [0, 0.05) is 39.0 Å². The lowest BCUT2D eigenvalue weighted by molar-refractivity contribution is 0.0362. The van der Waals surface area contributed by atoms with E-state index in [0.29, 0.717) is 11.5 Å². The van der Waals surface area contributed by atoms with Crippen LogP contribution in [0.25, 0.3) is 11.2 Å². The Balaban J connectivity index is 1.81. The number of carbonyl (C=O) groups is 1. The van der Waals surface area contributed by atoms with E-state index in [0.717, 1.165) is 43.8 Å². The van der Waals surface area contributed by atoms with Gasteiger partial charge >= 0.3 is 0 Å². The molecule has 0 unspecified atom stereocenters. The molecule has 0 aromatic carbocycles. The molecule has 0 bridgehead atoms. The van der Waals surface area contributed by atoms with Gasteiger partial charge in [-0.3, -0.25) is 4.79 Å². The Morgan fingerprint density at radius 3 is 2.83 bits per heavy atom. The minimum atomic E-state index is 0.00436. The number of rotatable bonds is 4. The minimum Gasteiger partial charge on any atom is -0.381 e. The summed E-state index contributed by atoms with van der Waals surface area (Å²) in [6.07, 6.45) is 5.25. The van der Waals surface area contributed by atoms with Gasteiger partial charge in [0.2, 0.25) is 0 Å². The fourth-order valence-corrected chi connectivity index (χ4v) is 3.03. The van der Waals surface area contributed by atoms with Crippen LogP contribution in [0.3, 0.4) is 0 Å². The van der Waals surface area contributed by atoms with E-state index in [9.17, 15) is 4.79 Å². The maximum Gasteiger partial charge on any atom is 0.255 e. The van der Waals surface area contributed by atoms with E-state index in [1.807, 2.05) is 22.6 Å². The molecule has 1 saturated heterocycles. The molecule has 1 aliphatic heterocycles. The Bertz CT molecular complexity index is 689. The number of hydrogen-bond donors (Lipinski definition) is 0. The summed E-state index contributed by atoms with van der Waals surface area (Å²) < 4.78 is 7.40. The average Bonchev–Trinajstić information content (AvgIpc) is 2.96. The molecule has 2 aromatic rings. The van der Waals surface area contributed by atoms with E-state index in [1.165, 1.54) is 0 Å². The highest BCUT2D eigenvalue weighted by Crippen LogP contribution is 2.18. The molecule has 124 valence electrons. The first-order valence-corrected chi connectivity index (χ1v) is 8.22. The van der Waals surface area contributed by atoms with Crippen LogP contribution in [0.1, 0.15) is 37.0 Å². The van der Waals surface area contributed by atoms with Gasteiger partial charge in [-0.2, -0.15) is 0 Å². The first kappa shape index (κ1) is 15.9. The topological polar surface area (TPSA) is 60.2 Å². The number of amides is 1. The van der Waals surface area contributed by atoms with Crippen LogP contribution in [0.2, 0.25) is 0 Å². The van der Waals surface area contributed by atoms with Gasteiger partial charge < -0.3 is 14.2 Å². The van der Waals surface area contributed by atoms with E-state index < -0.39 is 0 Å². The number of ether oxygens (including phenoxy) is 1. The fraction of sp³-hybridized carbons (Fsp3) is 0.588. The van der Waals surface area contributed by atoms with Crippen molar-refractivity contribution in [1.29, 1.82) is 0 Å². The van der Waals surface area contributed by atoms with Gasteiger partial charge in [0.25, 0.3) is 5.91 Å². The number of pyridine rings is 1. The van der Waals surface area contributed by atoms with E-state index in [-0.39, 0.29) is 11.9 Å². The van der Waals surface area contributed by atoms with Gasteiger partial charge in [-0.25, -0.2) is 9.97 Å². The second-order valence-electron chi connectivity index (χ2n) is 6.62. The lowest BCUT2D eigenvalue weighted by Gasteiger charge is -2.31. The summed E-state index contributed by atoms with van der Waals surface area (Å²) >= 11 is 0. The molecule has 0 saturated carbocycles. The second-order valence-corrected chi connectivity index (χ2v) is 6.62. The molecule has 3 heterocycles. The average molecular weight is 316 g/mol. The number of fused-ring (bicyclic) bond motifs is 1. The highest BCUT2D eigenvalue weighted by atomic mass is 16.5. The number of carbonyl (C=O) groups excluding carboxylic acids is 1. The van der Waals surface area contributed by atoms with Gasteiger partial charge in [0.1, 0.15) is 5.52 Å². The van der Waals surface area contributed by atoms with Crippen molar-refractivity contribution >= 4 is 17.1 Å². The molecule has 0 N–H and O–H groups in total. The second kappa shape index (κ2) is 6.66. The molecule has 1 amide bonds. The van der Waals surface area contributed by atoms with Crippen molar-refractivity contribution in [3.63, 3.8) is 0 Å². The summed E-state index contributed by atoms with van der Waals surface area (Å²) in [5, 5.41) is 0. The van der Waals surface area contributed by atoms with E-state index in [1.54, 1.807) is 12.5 Å². The van der Waals surface area contributed by atoms with Gasteiger partial charge in [-0.05, 0) is 24.8 Å². The van der Waals surface area contributed by atoms with Crippen molar-refractivity contribution in [3.8, 4) is 0 Å². The largest absolute Gasteiger partial charge is 0.381 e. The van der Waals surface area contributed by atoms with Gasteiger partial charge in [-0.1, -0.05) is 13.8 Å². The Labute approximate surface area is 136 Å². The van der Waals surface area contributed by atoms with Crippen LogP contribution < -0.4 is 0 Å². The van der Waals surface area contributed by atoms with E-state index in [2.05, 4.69) is 23.8 Å². The maximum absolute atomic E-state index is 12.7. The van der Waals surface area contributed by atoms with Crippen LogP contribution >= 0.6 is 0 Å². The zero-order valence-electron chi connectivity index (χ0n) is 14.0. The predicted octanol–water partition coefficient (Wildman–Crippen LogP) is 2.34. The summed E-state index contributed by atoms with van der Waals surface area (Å²) in [7, 11) is 1.86. The van der Waals surface area contributed by atoms with Crippen molar-refractivity contribution in [2.24, 2.45) is 5.92 Å². The Kier molecular flexibility index (Phi) is 4.61. The summed E-state index contributed by atoms with van der Waals surface area (Å²) in [6.45, 7) is 6.64. The van der Waals surface area contributed by atoms with Gasteiger partial charge in [0.05, 0.1) is 11.9 Å². The quantitative estimate of drug-likeness (QED) is 0.868. The van der Waals surface area contributed by atoms with Crippen LogP contribution in [-0.4, -0.2) is 51.6 Å². The van der Waals surface area contributed by atoms with Gasteiger partial charge in [-0.15, -0.1) is 0 Å². The molecular formula is C17H24N4O2. The Hall–Kier alpha value is -1.95. The lowest BCUT2D eigenvalue weighted by Crippen LogP contribution is -2.40. The molecule has 1 aliphatic rings. The van der Waals surface area contributed by atoms with Crippen LogP contribution in [0, 0.1) is 5.92 Å². The third kappa shape index (κ3) is 3.37. The van der Waals surface area contributed by atoms with E-state index >= 15 is 0 Å². The van der Waals surface area contributed by atoms with Crippen molar-refractivity contribution in [2.45, 2.75) is 39.3 Å². The molecule has 0 aliphatic carbocycles. The van der Waals surface area contributed by atoms with Crippen LogP contribution in [-0.2, 0) is 11.3 Å². The van der Waals surface area contributed by atoms with Crippen molar-refractivity contribution < 1.29 is 9.53 Å². The predicted molar refractivity (Wildman–Crippen MR) is 88.3 cm³/mol. The summed E-state index contributed by atoms with van der Waals surface area (Å²) in [5.41, 5.74) is 2.21. The number of imidazole rings is 1. The molecule has 1 fully saturated rings. The first-order chi connectivity index (χ1) is 11.1. The molecule has 6 heteroatoms. The monoisotopic (exact) mass is 316 g/mol. The maximum atomic E-state index is 12.7. The van der Waals surface area contributed by atoms with Crippen LogP contribution in [0.4, 0.5) is 0 Å². The molecular weight excluding hydrogens is 292 g/mol. The standard InChI is InChI=1S/C17H24N4O2/c1-12(2)10-21-11-19-15-8-13(9-18-16(15)21)17(22)20(3)14-4-6-23-7-5-14/h8-9,11-12,14H,4-7,10H2,1-3H3. The van der Waals surface area contributed by atoms with Crippen LogP contribution in [0.5, 0.6) is 0 Å². The molecule has 0 atom stereocenters. The number of hydrogen-bond acceptors (Lipinski definition) is 4. The smallest absolute Gasteiger partial charge is 0.255 e. The number of nitrogens with zero attached hydrogens (tertiary/aromatic N) is 4. The lowest BCUT2D eigenvalue weighted by atomic mass is 10.1. The fourth-order valence-electron chi connectivity index (χ4n) is 3.03. The van der Waals surface area contributed by atoms with Crippen molar-refractivity contribution in [2.75, 3.05) is 20.3 Å². The Morgan fingerprint density at radius 1 is 1.39 bits per heavy atom. The third-order valence-electron chi connectivity index (χ3n) is 4.32. The molecule has 2 aromatic heterocycles. The third-order valence-corrected chi connectivity index (χ3v) is 4.32. The number of aromatic nitrogens is 3. The summed E-state index contributed by atoms with van der Waals surface area (Å²) in [5.74, 6) is 0.528. The molecule has 0 spiro atoms.